The van der Waals surface area contributed by atoms with Crippen LogP contribution in [0, 0.1) is 5.82 Å². The van der Waals surface area contributed by atoms with Crippen molar-refractivity contribution in [3.63, 3.8) is 0 Å². The standard InChI is InChI=1S/C30H25F2N5O3/c1-17(38)29-22-7-2-3-11-24(22)37(35-29)15-27(40)36-14-19(31)13-25(36)26(39)12-18-6-4-8-20(28(18)32)21-9-5-10-23-30(21)34-16-33-23/h2-11,16,19,25H,12-15H2,1H3,(H,33,34)/t19-,25+/m1/s1. The zero-order valence-corrected chi connectivity index (χ0v) is 21.6. The molecule has 3 aromatic carbocycles. The van der Waals surface area contributed by atoms with Crippen molar-refractivity contribution in [2.75, 3.05) is 6.54 Å². The summed E-state index contributed by atoms with van der Waals surface area (Å²) < 4.78 is 31.7. The molecule has 1 aliphatic heterocycles. The van der Waals surface area contributed by atoms with E-state index in [1.54, 1.807) is 48.5 Å². The van der Waals surface area contributed by atoms with Gasteiger partial charge in [-0.3, -0.25) is 19.1 Å². The van der Waals surface area contributed by atoms with E-state index in [-0.39, 0.29) is 43.0 Å². The summed E-state index contributed by atoms with van der Waals surface area (Å²) in [5, 5.41) is 4.92. The van der Waals surface area contributed by atoms with Crippen LogP contribution in [0.2, 0.25) is 0 Å². The first-order valence-electron chi connectivity index (χ1n) is 12.9. The largest absolute Gasteiger partial charge is 0.345 e. The molecule has 3 heterocycles. The fraction of sp³-hybridized carbons (Fsp3) is 0.233. The molecule has 8 nitrogen and oxygen atoms in total. The van der Waals surface area contributed by atoms with Gasteiger partial charge in [0, 0.05) is 36.3 Å². The second kappa shape index (κ2) is 10.1. The number of amides is 1. The third-order valence-electron chi connectivity index (χ3n) is 7.40. The Morgan fingerprint density at radius 1 is 1.02 bits per heavy atom. The number of hydrogen-bond donors (Lipinski definition) is 1. The van der Waals surface area contributed by atoms with Crippen LogP contribution in [0.15, 0.2) is 67.0 Å². The SMILES string of the molecule is CC(=O)c1nn(CC(=O)N2C[C@H](F)C[C@H]2C(=O)Cc2cccc(-c3cccc4[nH]cnc34)c2F)c2ccccc12. The molecule has 1 amide bonds. The number of para-hydroxylation sites is 2. The van der Waals surface area contributed by atoms with Gasteiger partial charge in [-0.2, -0.15) is 5.10 Å². The maximum absolute atomic E-state index is 15.7. The number of fused-ring (bicyclic) bond motifs is 2. The minimum Gasteiger partial charge on any atom is -0.345 e. The topological polar surface area (TPSA) is 101 Å². The molecule has 1 N–H and O–H groups in total. The third-order valence-corrected chi connectivity index (χ3v) is 7.40. The molecule has 0 spiro atoms. The highest BCUT2D eigenvalue weighted by molar-refractivity contribution is 6.05. The number of Topliss-reactive ketones (excluding diaryl/α,β-unsaturated/α-hetero) is 2. The smallest absolute Gasteiger partial charge is 0.245 e. The van der Waals surface area contributed by atoms with Gasteiger partial charge in [-0.25, -0.2) is 13.8 Å². The number of carbonyl (C=O) groups is 3. The van der Waals surface area contributed by atoms with E-state index in [1.165, 1.54) is 28.9 Å². The Hall–Kier alpha value is -4.73. The van der Waals surface area contributed by atoms with Crippen molar-refractivity contribution in [1.29, 1.82) is 0 Å². The van der Waals surface area contributed by atoms with E-state index < -0.39 is 29.7 Å². The van der Waals surface area contributed by atoms with Gasteiger partial charge in [0.2, 0.25) is 5.91 Å². The van der Waals surface area contributed by atoms with Crippen LogP contribution in [-0.4, -0.2) is 60.9 Å². The van der Waals surface area contributed by atoms with Crippen LogP contribution in [0.25, 0.3) is 33.1 Å². The molecule has 202 valence electrons. The first-order chi connectivity index (χ1) is 19.3. The molecule has 2 aromatic heterocycles. The number of likely N-dealkylation sites (tertiary alicyclic amines) is 1. The highest BCUT2D eigenvalue weighted by Crippen LogP contribution is 2.31. The van der Waals surface area contributed by atoms with E-state index in [0.717, 1.165) is 5.52 Å². The summed E-state index contributed by atoms with van der Waals surface area (Å²) in [7, 11) is 0. The molecular formula is C30H25F2N5O3. The van der Waals surface area contributed by atoms with Crippen LogP contribution in [0.4, 0.5) is 8.78 Å². The normalized spacial score (nSPS) is 17.1. The lowest BCUT2D eigenvalue weighted by Crippen LogP contribution is -2.43. The Kier molecular flexibility index (Phi) is 6.45. The molecule has 0 bridgehead atoms. The van der Waals surface area contributed by atoms with Crippen LogP contribution in [-0.2, 0) is 22.6 Å². The molecule has 10 heteroatoms. The Morgan fingerprint density at radius 2 is 1.80 bits per heavy atom. The predicted molar refractivity (Wildman–Crippen MR) is 145 cm³/mol. The van der Waals surface area contributed by atoms with E-state index in [4.69, 9.17) is 0 Å². The van der Waals surface area contributed by atoms with Crippen molar-refractivity contribution < 1.29 is 23.2 Å². The molecule has 0 radical (unpaired) electrons. The molecular weight excluding hydrogens is 516 g/mol. The average molecular weight is 542 g/mol. The molecule has 2 atom stereocenters. The number of imidazole rings is 1. The third kappa shape index (κ3) is 4.45. The summed E-state index contributed by atoms with van der Waals surface area (Å²) in [6, 6.07) is 16.2. The van der Waals surface area contributed by atoms with Crippen molar-refractivity contribution in [3.05, 3.63) is 84.1 Å². The molecule has 0 aliphatic carbocycles. The summed E-state index contributed by atoms with van der Waals surface area (Å²) in [5.74, 6) is -1.74. The van der Waals surface area contributed by atoms with Gasteiger partial charge in [-0.05, 0) is 17.7 Å². The van der Waals surface area contributed by atoms with Crippen molar-refractivity contribution >= 4 is 39.4 Å². The van der Waals surface area contributed by atoms with Gasteiger partial charge in [-0.1, -0.05) is 48.5 Å². The summed E-state index contributed by atoms with van der Waals surface area (Å²) in [6.45, 7) is 0.895. The van der Waals surface area contributed by atoms with Crippen molar-refractivity contribution in [2.24, 2.45) is 0 Å². The fourth-order valence-electron chi connectivity index (χ4n) is 5.51. The maximum Gasteiger partial charge on any atom is 0.245 e. The molecule has 0 saturated carbocycles. The van der Waals surface area contributed by atoms with Crippen LogP contribution < -0.4 is 0 Å². The van der Waals surface area contributed by atoms with Crippen molar-refractivity contribution in [1.82, 2.24) is 24.6 Å². The van der Waals surface area contributed by atoms with Gasteiger partial charge in [0.15, 0.2) is 11.6 Å². The molecule has 1 fully saturated rings. The Labute approximate surface area is 227 Å². The summed E-state index contributed by atoms with van der Waals surface area (Å²) >= 11 is 0. The van der Waals surface area contributed by atoms with E-state index in [0.29, 0.717) is 27.5 Å². The zero-order chi connectivity index (χ0) is 28.0. The minimum absolute atomic E-state index is 0.156. The van der Waals surface area contributed by atoms with Crippen molar-refractivity contribution in [3.8, 4) is 11.1 Å². The molecule has 0 unspecified atom stereocenters. The number of nitrogens with one attached hydrogen (secondary N) is 1. The number of H-pyrrole nitrogens is 1. The minimum atomic E-state index is -1.38. The van der Waals surface area contributed by atoms with E-state index in [1.807, 2.05) is 6.07 Å². The maximum atomic E-state index is 15.7. The van der Waals surface area contributed by atoms with Gasteiger partial charge >= 0.3 is 0 Å². The number of alkyl halides is 1. The summed E-state index contributed by atoms with van der Waals surface area (Å²) in [5.41, 5.74) is 3.24. The van der Waals surface area contributed by atoms with Gasteiger partial charge < -0.3 is 9.88 Å². The van der Waals surface area contributed by atoms with Crippen LogP contribution in [0.3, 0.4) is 0 Å². The lowest BCUT2D eigenvalue weighted by Gasteiger charge is -2.23. The first-order valence-corrected chi connectivity index (χ1v) is 12.9. The second-order valence-corrected chi connectivity index (χ2v) is 10.0. The quantitative estimate of drug-likeness (QED) is 0.302. The molecule has 5 aromatic rings. The van der Waals surface area contributed by atoms with E-state index in [2.05, 4.69) is 15.1 Å². The Bertz CT molecular complexity index is 1790. The number of nitrogens with zero attached hydrogens (tertiary/aromatic N) is 4. The molecule has 6 rings (SSSR count). The number of hydrogen-bond acceptors (Lipinski definition) is 5. The highest BCUT2D eigenvalue weighted by Gasteiger charge is 2.40. The predicted octanol–water partition coefficient (Wildman–Crippen LogP) is 4.67. The molecule has 40 heavy (non-hydrogen) atoms. The van der Waals surface area contributed by atoms with Crippen LogP contribution in [0.5, 0.6) is 0 Å². The second-order valence-electron chi connectivity index (χ2n) is 10.0. The summed E-state index contributed by atoms with van der Waals surface area (Å²) in [4.78, 5) is 47.3. The number of aromatic nitrogens is 4. The van der Waals surface area contributed by atoms with Gasteiger partial charge in [0.25, 0.3) is 0 Å². The Morgan fingerprint density at radius 3 is 2.62 bits per heavy atom. The number of ketones is 2. The molecule has 1 aliphatic rings. The van der Waals surface area contributed by atoms with Crippen LogP contribution >= 0.6 is 0 Å². The lowest BCUT2D eigenvalue weighted by atomic mass is 9.96. The number of halogens is 2. The van der Waals surface area contributed by atoms with E-state index in [9.17, 15) is 18.8 Å². The number of carbonyl (C=O) groups excluding carboxylic acids is 3. The van der Waals surface area contributed by atoms with Crippen LogP contribution in [0.1, 0.15) is 29.4 Å². The number of rotatable bonds is 7. The fourth-order valence-corrected chi connectivity index (χ4v) is 5.51. The van der Waals surface area contributed by atoms with Gasteiger partial charge in [0.05, 0.1) is 35.5 Å². The van der Waals surface area contributed by atoms with Gasteiger partial charge in [-0.15, -0.1) is 0 Å². The Balaban J connectivity index is 1.25. The lowest BCUT2D eigenvalue weighted by molar-refractivity contribution is -0.138. The zero-order valence-electron chi connectivity index (χ0n) is 21.6. The first kappa shape index (κ1) is 25.5. The highest BCUT2D eigenvalue weighted by atomic mass is 19.1. The number of aromatic amines is 1. The summed E-state index contributed by atoms with van der Waals surface area (Å²) in [6.07, 6.45) is -0.299. The average Bonchev–Trinajstić information content (AvgIpc) is 3.67. The van der Waals surface area contributed by atoms with E-state index >= 15 is 4.39 Å². The van der Waals surface area contributed by atoms with Crippen molar-refractivity contribution in [2.45, 2.75) is 38.5 Å². The number of benzene rings is 3. The monoisotopic (exact) mass is 541 g/mol. The van der Waals surface area contributed by atoms with Gasteiger partial charge in [0.1, 0.15) is 24.2 Å². The molecule has 1 saturated heterocycles.